The van der Waals surface area contributed by atoms with Crippen LogP contribution in [0.4, 0.5) is 29.0 Å². The summed E-state index contributed by atoms with van der Waals surface area (Å²) in [5, 5.41) is 7.47. The van der Waals surface area contributed by atoms with Crippen molar-refractivity contribution in [2.24, 2.45) is 0 Å². The molecular formula is C25H33ClN7O2P. The van der Waals surface area contributed by atoms with Gasteiger partial charge in [-0.25, -0.2) is 4.98 Å². The van der Waals surface area contributed by atoms with Crippen molar-refractivity contribution < 1.29 is 9.30 Å². The van der Waals surface area contributed by atoms with E-state index in [4.69, 9.17) is 21.3 Å². The molecule has 0 unspecified atom stereocenters. The highest BCUT2D eigenvalue weighted by Crippen LogP contribution is 2.39. The van der Waals surface area contributed by atoms with Gasteiger partial charge in [0.2, 0.25) is 11.8 Å². The van der Waals surface area contributed by atoms with Crippen LogP contribution in [0.5, 0.6) is 5.88 Å². The van der Waals surface area contributed by atoms with Crippen LogP contribution < -0.4 is 25.6 Å². The maximum absolute atomic E-state index is 12.7. The standard InChI is InChI=1S/C25H33ClN7O2P/c1-32(2)17-12-14-33(15-13-17)22-11-10-20(24(30-22)35-3)29-25-27-16-18(26)23(31-25)28-19-8-6-7-9-21(19)36(4,5)34/h6-11,16-17H,12-15H2,1-5H3,(H2,27,28,29,31). The van der Waals surface area contributed by atoms with E-state index in [0.717, 1.165) is 37.1 Å². The maximum Gasteiger partial charge on any atom is 0.239 e. The molecule has 36 heavy (non-hydrogen) atoms. The summed E-state index contributed by atoms with van der Waals surface area (Å²) < 4.78 is 18.3. The van der Waals surface area contributed by atoms with Gasteiger partial charge in [-0.15, -0.1) is 0 Å². The fourth-order valence-electron chi connectivity index (χ4n) is 4.28. The molecular weight excluding hydrogens is 497 g/mol. The highest BCUT2D eigenvalue weighted by atomic mass is 35.5. The van der Waals surface area contributed by atoms with Crippen LogP contribution in [0.2, 0.25) is 5.02 Å². The molecule has 1 aliphatic rings. The largest absolute Gasteiger partial charge is 0.479 e. The smallest absolute Gasteiger partial charge is 0.239 e. The summed E-state index contributed by atoms with van der Waals surface area (Å²) in [6, 6.07) is 11.9. The Labute approximate surface area is 217 Å². The van der Waals surface area contributed by atoms with Gasteiger partial charge in [-0.05, 0) is 64.5 Å². The number of aromatic nitrogens is 3. The number of nitrogens with one attached hydrogen (secondary N) is 2. The molecule has 2 N–H and O–H groups in total. The van der Waals surface area contributed by atoms with Crippen molar-refractivity contribution in [3.8, 4) is 5.88 Å². The van der Waals surface area contributed by atoms with E-state index in [0.29, 0.717) is 40.1 Å². The second-order valence-corrected chi connectivity index (χ2v) is 13.0. The summed E-state index contributed by atoms with van der Waals surface area (Å²) in [6.07, 6.45) is 3.71. The molecule has 11 heteroatoms. The summed E-state index contributed by atoms with van der Waals surface area (Å²) in [5.74, 6) is 2.07. The lowest BCUT2D eigenvalue weighted by molar-refractivity contribution is 0.249. The average molecular weight is 530 g/mol. The number of para-hydroxylation sites is 1. The first-order chi connectivity index (χ1) is 17.2. The minimum atomic E-state index is -2.51. The number of benzene rings is 1. The van der Waals surface area contributed by atoms with E-state index in [1.54, 1.807) is 20.4 Å². The average Bonchev–Trinajstić information content (AvgIpc) is 2.86. The molecule has 0 atom stereocenters. The van der Waals surface area contributed by atoms with Gasteiger partial charge in [-0.1, -0.05) is 23.7 Å². The van der Waals surface area contributed by atoms with E-state index in [1.165, 1.54) is 6.20 Å². The summed E-state index contributed by atoms with van der Waals surface area (Å²) in [7, 11) is 3.35. The van der Waals surface area contributed by atoms with Gasteiger partial charge in [0.25, 0.3) is 0 Å². The van der Waals surface area contributed by atoms with Gasteiger partial charge >= 0.3 is 0 Å². The van der Waals surface area contributed by atoms with Crippen molar-refractivity contribution in [2.75, 3.05) is 63.2 Å². The zero-order valence-corrected chi connectivity index (χ0v) is 23.0. The zero-order chi connectivity index (χ0) is 25.9. The van der Waals surface area contributed by atoms with Crippen molar-refractivity contribution >= 4 is 53.0 Å². The lowest BCUT2D eigenvalue weighted by atomic mass is 10.0. The Morgan fingerprint density at radius 1 is 1.06 bits per heavy atom. The summed E-state index contributed by atoms with van der Waals surface area (Å²) in [4.78, 5) is 18.2. The highest BCUT2D eigenvalue weighted by Gasteiger charge is 2.22. The third-order valence-corrected chi connectivity index (χ3v) is 8.11. The third kappa shape index (κ3) is 6.09. The molecule has 192 valence electrons. The number of methoxy groups -OCH3 is 1. The molecule has 3 aromatic rings. The Morgan fingerprint density at radius 3 is 2.44 bits per heavy atom. The Balaban J connectivity index is 1.53. The number of rotatable bonds is 8. The zero-order valence-electron chi connectivity index (χ0n) is 21.3. The molecule has 2 aromatic heterocycles. The quantitative estimate of drug-likeness (QED) is 0.399. The number of hydrogen-bond donors (Lipinski definition) is 2. The van der Waals surface area contributed by atoms with E-state index in [2.05, 4.69) is 44.5 Å². The molecule has 3 heterocycles. The first-order valence-corrected chi connectivity index (χ1v) is 14.8. The molecule has 0 saturated carbocycles. The van der Waals surface area contributed by atoms with Crippen LogP contribution in [0, 0.1) is 0 Å². The normalized spacial score (nSPS) is 14.7. The van der Waals surface area contributed by atoms with Crippen LogP contribution in [0.15, 0.2) is 42.6 Å². The molecule has 1 aliphatic heterocycles. The summed E-state index contributed by atoms with van der Waals surface area (Å²) in [6.45, 7) is 5.36. The van der Waals surface area contributed by atoms with E-state index in [1.807, 2.05) is 36.4 Å². The first kappa shape index (κ1) is 26.2. The number of anilines is 5. The molecule has 4 rings (SSSR count). The Morgan fingerprint density at radius 2 is 1.78 bits per heavy atom. The summed E-state index contributed by atoms with van der Waals surface area (Å²) in [5.41, 5.74) is 1.34. The molecule has 0 spiro atoms. The monoisotopic (exact) mass is 529 g/mol. The lowest BCUT2D eigenvalue weighted by Gasteiger charge is -2.36. The van der Waals surface area contributed by atoms with Crippen LogP contribution >= 0.6 is 18.7 Å². The van der Waals surface area contributed by atoms with Gasteiger partial charge < -0.3 is 29.7 Å². The Kier molecular flexibility index (Phi) is 8.03. The molecule has 1 aromatic carbocycles. The minimum absolute atomic E-state index is 0.329. The van der Waals surface area contributed by atoms with Crippen LogP contribution in [0.3, 0.4) is 0 Å². The van der Waals surface area contributed by atoms with E-state index in [-0.39, 0.29) is 0 Å². The van der Waals surface area contributed by atoms with Gasteiger partial charge in [0.05, 0.1) is 19.0 Å². The predicted octanol–water partition coefficient (Wildman–Crippen LogP) is 4.80. The minimum Gasteiger partial charge on any atom is -0.479 e. The second kappa shape index (κ2) is 11.0. The van der Waals surface area contributed by atoms with Crippen LogP contribution in [-0.4, -0.2) is 73.5 Å². The topological polar surface area (TPSA) is 95.5 Å². The van der Waals surface area contributed by atoms with Crippen molar-refractivity contribution in [1.29, 1.82) is 0 Å². The van der Waals surface area contributed by atoms with Gasteiger partial charge in [-0.2, -0.15) is 9.97 Å². The van der Waals surface area contributed by atoms with Gasteiger partial charge in [0, 0.05) is 24.4 Å². The van der Waals surface area contributed by atoms with Crippen LogP contribution in [0.25, 0.3) is 0 Å². The van der Waals surface area contributed by atoms with Crippen molar-refractivity contribution in [1.82, 2.24) is 19.9 Å². The summed E-state index contributed by atoms with van der Waals surface area (Å²) >= 11 is 6.38. The predicted molar refractivity (Wildman–Crippen MR) is 149 cm³/mol. The molecule has 9 nitrogen and oxygen atoms in total. The maximum atomic E-state index is 12.7. The molecule has 0 radical (unpaired) electrons. The van der Waals surface area contributed by atoms with Gasteiger partial charge in [0.1, 0.15) is 23.7 Å². The fraction of sp³-hybridized carbons (Fsp3) is 0.400. The van der Waals surface area contributed by atoms with Crippen LogP contribution in [-0.2, 0) is 4.57 Å². The van der Waals surface area contributed by atoms with Crippen molar-refractivity contribution in [3.05, 3.63) is 47.6 Å². The van der Waals surface area contributed by atoms with E-state index in [9.17, 15) is 4.57 Å². The number of nitrogens with zero attached hydrogens (tertiary/aromatic N) is 5. The fourth-order valence-corrected chi connectivity index (χ4v) is 5.57. The van der Waals surface area contributed by atoms with Crippen molar-refractivity contribution in [2.45, 2.75) is 18.9 Å². The number of piperidine rings is 1. The number of hydrogen-bond acceptors (Lipinski definition) is 9. The molecule has 1 fully saturated rings. The Hall–Kier alpha value is -2.87. The molecule has 1 saturated heterocycles. The van der Waals surface area contributed by atoms with Gasteiger partial charge in [0.15, 0.2) is 5.82 Å². The van der Waals surface area contributed by atoms with E-state index >= 15 is 0 Å². The second-order valence-electron chi connectivity index (χ2n) is 9.42. The first-order valence-electron chi connectivity index (χ1n) is 11.8. The van der Waals surface area contributed by atoms with E-state index < -0.39 is 7.14 Å². The number of pyridine rings is 1. The van der Waals surface area contributed by atoms with Crippen molar-refractivity contribution in [3.63, 3.8) is 0 Å². The highest BCUT2D eigenvalue weighted by molar-refractivity contribution is 7.70. The number of halogens is 1. The van der Waals surface area contributed by atoms with Gasteiger partial charge in [-0.3, -0.25) is 0 Å². The molecule has 0 bridgehead atoms. The SMILES string of the molecule is COc1nc(N2CCC(N(C)C)CC2)ccc1Nc1ncc(Cl)c(Nc2ccccc2P(C)(C)=O)n1. The third-order valence-electron chi connectivity index (χ3n) is 6.29. The number of ether oxygens (including phenoxy) is 1. The Bertz CT molecular complexity index is 1260. The lowest BCUT2D eigenvalue weighted by Crippen LogP contribution is -2.42. The molecule has 0 aliphatic carbocycles. The molecule has 0 amide bonds. The van der Waals surface area contributed by atoms with Crippen LogP contribution in [0.1, 0.15) is 12.8 Å².